The minimum atomic E-state index is -0.776. The Kier molecular flexibility index (Phi) is 8.59. The molecule has 1 N–H and O–H groups in total. The molecule has 0 radical (unpaired) electrons. The molecular weight excluding hydrogens is 415 g/mol. The number of aromatic nitrogens is 1. The second kappa shape index (κ2) is 12.0. The van der Waals surface area contributed by atoms with Gasteiger partial charge in [0.15, 0.2) is 0 Å². The minimum Gasteiger partial charge on any atom is -0.387 e. The van der Waals surface area contributed by atoms with Crippen LogP contribution in [0.1, 0.15) is 48.5 Å². The Labute approximate surface area is 196 Å². The summed E-state index contributed by atoms with van der Waals surface area (Å²) in [5.74, 6) is 0.137. The van der Waals surface area contributed by atoms with Gasteiger partial charge in [-0.1, -0.05) is 60.7 Å². The number of hydrogen-bond acceptors (Lipinski definition) is 4. The van der Waals surface area contributed by atoms with E-state index < -0.39 is 11.9 Å². The number of rotatable bonds is 10. The lowest BCUT2D eigenvalue weighted by Gasteiger charge is -2.33. The van der Waals surface area contributed by atoms with Gasteiger partial charge in [-0.2, -0.15) is 0 Å². The molecule has 1 fully saturated rings. The quantitative estimate of drug-likeness (QED) is 0.443. The standard InChI is InChI=1S/C28H33FN2O2/c29-26-15-25(16-30-17-26)28(32)20-31(18-22-7-3-1-4-8-22)19-23-11-13-27(14-12-23)33-21-24-9-5-2-6-10-24/h1-10,15-17,23,27-28,32H,11-14,18-21H2/t23?,27?,28-/m0/s1. The van der Waals surface area contributed by atoms with Gasteiger partial charge < -0.3 is 9.84 Å². The molecule has 33 heavy (non-hydrogen) atoms. The largest absolute Gasteiger partial charge is 0.387 e. The van der Waals surface area contributed by atoms with Crippen LogP contribution in [0.15, 0.2) is 79.1 Å². The Morgan fingerprint density at radius 3 is 2.27 bits per heavy atom. The molecule has 0 saturated heterocycles. The van der Waals surface area contributed by atoms with Gasteiger partial charge in [-0.05, 0) is 48.8 Å². The van der Waals surface area contributed by atoms with Gasteiger partial charge in [0, 0.05) is 31.4 Å². The molecule has 5 heteroatoms. The monoisotopic (exact) mass is 448 g/mol. The first-order valence-electron chi connectivity index (χ1n) is 11.9. The predicted molar refractivity (Wildman–Crippen MR) is 128 cm³/mol. The first kappa shape index (κ1) is 23.6. The molecule has 0 spiro atoms. The van der Waals surface area contributed by atoms with E-state index in [4.69, 9.17) is 4.74 Å². The molecule has 1 aromatic heterocycles. The fourth-order valence-electron chi connectivity index (χ4n) is 4.64. The maximum Gasteiger partial charge on any atom is 0.141 e. The average molecular weight is 449 g/mol. The molecule has 4 nitrogen and oxygen atoms in total. The number of aliphatic hydroxyl groups excluding tert-OH is 1. The molecule has 1 heterocycles. The molecule has 4 rings (SSSR count). The Morgan fingerprint density at radius 2 is 1.61 bits per heavy atom. The molecule has 0 aliphatic heterocycles. The zero-order valence-corrected chi connectivity index (χ0v) is 19.0. The second-order valence-corrected chi connectivity index (χ2v) is 9.07. The van der Waals surface area contributed by atoms with E-state index in [2.05, 4.69) is 34.1 Å². The number of aliphatic hydroxyl groups is 1. The third kappa shape index (κ3) is 7.46. The van der Waals surface area contributed by atoms with Crippen LogP contribution in [0.4, 0.5) is 4.39 Å². The summed E-state index contributed by atoms with van der Waals surface area (Å²) in [6.07, 6.45) is 6.60. The Hall–Kier alpha value is -2.60. The van der Waals surface area contributed by atoms with Crippen molar-refractivity contribution in [2.75, 3.05) is 13.1 Å². The topological polar surface area (TPSA) is 45.6 Å². The van der Waals surface area contributed by atoms with Crippen molar-refractivity contribution in [3.8, 4) is 0 Å². The Morgan fingerprint density at radius 1 is 0.939 bits per heavy atom. The van der Waals surface area contributed by atoms with E-state index in [0.717, 1.165) is 45.0 Å². The smallest absolute Gasteiger partial charge is 0.141 e. The molecule has 1 aliphatic rings. The number of nitrogens with zero attached hydrogens (tertiary/aromatic N) is 2. The number of pyridine rings is 1. The molecule has 3 aromatic rings. The van der Waals surface area contributed by atoms with Crippen LogP contribution < -0.4 is 0 Å². The van der Waals surface area contributed by atoms with Gasteiger partial charge in [-0.25, -0.2) is 4.39 Å². The van der Waals surface area contributed by atoms with Gasteiger partial charge in [0.1, 0.15) is 5.82 Å². The number of halogens is 1. The van der Waals surface area contributed by atoms with Gasteiger partial charge in [-0.15, -0.1) is 0 Å². The highest BCUT2D eigenvalue weighted by Gasteiger charge is 2.25. The Bertz CT molecular complexity index is 962. The summed E-state index contributed by atoms with van der Waals surface area (Å²) in [6, 6.07) is 22.0. The zero-order valence-electron chi connectivity index (χ0n) is 19.0. The van der Waals surface area contributed by atoms with E-state index in [1.807, 2.05) is 36.4 Å². The van der Waals surface area contributed by atoms with Crippen LogP contribution in [0.25, 0.3) is 0 Å². The highest BCUT2D eigenvalue weighted by atomic mass is 19.1. The maximum atomic E-state index is 13.6. The molecule has 0 unspecified atom stereocenters. The summed E-state index contributed by atoms with van der Waals surface area (Å²) in [6.45, 7) is 2.78. The summed E-state index contributed by atoms with van der Waals surface area (Å²) in [7, 11) is 0. The van der Waals surface area contributed by atoms with E-state index in [1.165, 1.54) is 17.2 Å². The van der Waals surface area contributed by atoms with Crippen molar-refractivity contribution in [3.63, 3.8) is 0 Å². The molecule has 1 atom stereocenters. The summed E-state index contributed by atoms with van der Waals surface area (Å²) < 4.78 is 19.7. The van der Waals surface area contributed by atoms with Crippen LogP contribution >= 0.6 is 0 Å². The fraction of sp³-hybridized carbons (Fsp3) is 0.393. The van der Waals surface area contributed by atoms with Gasteiger partial charge in [-0.3, -0.25) is 9.88 Å². The SMILES string of the molecule is O[C@@H](CN(Cc1ccccc1)CC1CCC(OCc2ccccc2)CC1)c1cncc(F)c1. The van der Waals surface area contributed by atoms with E-state index in [0.29, 0.717) is 30.7 Å². The average Bonchev–Trinajstić information content (AvgIpc) is 2.85. The molecule has 174 valence electrons. The lowest BCUT2D eigenvalue weighted by molar-refractivity contribution is 0.00103. The number of ether oxygens (including phenoxy) is 1. The molecule has 0 amide bonds. The van der Waals surface area contributed by atoms with Gasteiger partial charge in [0.25, 0.3) is 0 Å². The second-order valence-electron chi connectivity index (χ2n) is 9.07. The predicted octanol–water partition coefficient (Wildman–Crippen LogP) is 5.53. The lowest BCUT2D eigenvalue weighted by atomic mass is 9.86. The fourth-order valence-corrected chi connectivity index (χ4v) is 4.64. The first-order valence-corrected chi connectivity index (χ1v) is 11.9. The summed E-state index contributed by atoms with van der Waals surface area (Å²) in [4.78, 5) is 6.18. The van der Waals surface area contributed by atoms with Crippen molar-refractivity contribution in [2.45, 2.75) is 51.0 Å². The van der Waals surface area contributed by atoms with Crippen molar-refractivity contribution in [3.05, 3.63) is 102 Å². The van der Waals surface area contributed by atoms with Crippen molar-refractivity contribution < 1.29 is 14.2 Å². The first-order chi connectivity index (χ1) is 16.2. The third-order valence-corrected chi connectivity index (χ3v) is 6.43. The molecule has 0 bridgehead atoms. The minimum absolute atomic E-state index is 0.313. The van der Waals surface area contributed by atoms with Crippen LogP contribution in [-0.4, -0.2) is 34.2 Å². The normalized spacial score (nSPS) is 19.5. The van der Waals surface area contributed by atoms with Crippen molar-refractivity contribution >= 4 is 0 Å². The van der Waals surface area contributed by atoms with Gasteiger partial charge in [0.2, 0.25) is 0 Å². The van der Waals surface area contributed by atoms with Crippen LogP contribution in [0.5, 0.6) is 0 Å². The van der Waals surface area contributed by atoms with Crippen LogP contribution in [0.2, 0.25) is 0 Å². The van der Waals surface area contributed by atoms with Gasteiger partial charge >= 0.3 is 0 Å². The Balaban J connectivity index is 1.32. The van der Waals surface area contributed by atoms with E-state index in [1.54, 1.807) is 6.20 Å². The van der Waals surface area contributed by atoms with Gasteiger partial charge in [0.05, 0.1) is 25.0 Å². The summed E-state index contributed by atoms with van der Waals surface area (Å²) in [5.41, 5.74) is 2.95. The number of benzene rings is 2. The van der Waals surface area contributed by atoms with E-state index >= 15 is 0 Å². The molecule has 1 aliphatic carbocycles. The molecule has 2 aromatic carbocycles. The van der Waals surface area contributed by atoms with Crippen molar-refractivity contribution in [1.29, 1.82) is 0 Å². The zero-order chi connectivity index (χ0) is 22.9. The van der Waals surface area contributed by atoms with Crippen LogP contribution in [0, 0.1) is 11.7 Å². The highest BCUT2D eigenvalue weighted by molar-refractivity contribution is 5.16. The summed E-state index contributed by atoms with van der Waals surface area (Å²) >= 11 is 0. The maximum absolute atomic E-state index is 13.6. The lowest BCUT2D eigenvalue weighted by Crippen LogP contribution is -2.35. The van der Waals surface area contributed by atoms with Crippen molar-refractivity contribution in [2.24, 2.45) is 5.92 Å². The van der Waals surface area contributed by atoms with Crippen LogP contribution in [-0.2, 0) is 17.9 Å². The van der Waals surface area contributed by atoms with Crippen molar-refractivity contribution in [1.82, 2.24) is 9.88 Å². The summed E-state index contributed by atoms with van der Waals surface area (Å²) in [5, 5.41) is 10.8. The van der Waals surface area contributed by atoms with E-state index in [9.17, 15) is 9.50 Å². The molecular formula is C28H33FN2O2. The third-order valence-electron chi connectivity index (χ3n) is 6.43. The molecule has 1 saturated carbocycles. The number of hydrogen-bond donors (Lipinski definition) is 1. The highest BCUT2D eigenvalue weighted by Crippen LogP contribution is 2.29. The van der Waals surface area contributed by atoms with E-state index in [-0.39, 0.29) is 0 Å². The van der Waals surface area contributed by atoms with Crippen LogP contribution in [0.3, 0.4) is 0 Å².